The summed E-state index contributed by atoms with van der Waals surface area (Å²) >= 11 is 0. The van der Waals surface area contributed by atoms with Gasteiger partial charge in [0.15, 0.2) is 0 Å². The summed E-state index contributed by atoms with van der Waals surface area (Å²) in [6.07, 6.45) is 2.91. The number of nitrogens with two attached hydrogens (primary N) is 1. The smallest absolute Gasteiger partial charge is 0.253 e. The summed E-state index contributed by atoms with van der Waals surface area (Å²) in [6, 6.07) is 5.04. The number of anilines is 1. The summed E-state index contributed by atoms with van der Waals surface area (Å²) in [4.78, 5) is 26.0. The lowest BCUT2D eigenvalue weighted by atomic mass is 9.95. The average Bonchev–Trinajstić information content (AvgIpc) is 3.03. The van der Waals surface area contributed by atoms with Crippen LogP contribution in [0.4, 0.5) is 5.69 Å². The molecule has 2 atom stereocenters. The highest BCUT2D eigenvalue weighted by atomic mass is 35.5. The Hall–Kier alpha value is -1.79. The maximum absolute atomic E-state index is 12.5. The van der Waals surface area contributed by atoms with Crippen LogP contribution in [0.1, 0.15) is 29.6 Å². The number of hydrogen-bond acceptors (Lipinski definition) is 4. The van der Waals surface area contributed by atoms with Gasteiger partial charge in [0.2, 0.25) is 5.91 Å². The predicted molar refractivity (Wildman–Crippen MR) is 96.8 cm³/mol. The minimum atomic E-state index is -0.111. The number of carbonyl (C=O) groups excluding carboxylic acids is 2. The number of nitrogens with zero attached hydrogens (tertiary/aromatic N) is 1. The highest BCUT2D eigenvalue weighted by molar-refractivity contribution is 5.97. The van der Waals surface area contributed by atoms with Crippen molar-refractivity contribution in [2.24, 2.45) is 17.6 Å². The molecule has 24 heavy (non-hydrogen) atoms. The van der Waals surface area contributed by atoms with Gasteiger partial charge < -0.3 is 20.7 Å². The molecular weight excluding hydrogens is 330 g/mol. The average molecular weight is 356 g/mol. The molecule has 1 aromatic rings. The number of amides is 2. The molecule has 0 radical (unpaired) electrons. The van der Waals surface area contributed by atoms with Gasteiger partial charge in [-0.3, -0.25) is 9.59 Å². The number of methoxy groups -OCH3 is 1. The fourth-order valence-corrected chi connectivity index (χ4v) is 3.08. The van der Waals surface area contributed by atoms with E-state index in [9.17, 15) is 9.59 Å². The summed E-state index contributed by atoms with van der Waals surface area (Å²) in [5.41, 5.74) is 6.84. The van der Waals surface area contributed by atoms with Gasteiger partial charge in [-0.25, -0.2) is 0 Å². The Balaban J connectivity index is 0.00000288. The zero-order valence-electron chi connectivity index (χ0n) is 14.4. The third-order valence-corrected chi connectivity index (χ3v) is 4.41. The monoisotopic (exact) mass is 355 g/mol. The highest BCUT2D eigenvalue weighted by Crippen LogP contribution is 2.33. The normalized spacial score (nSPS) is 19.3. The number of halogens is 1. The molecule has 2 rings (SSSR count). The summed E-state index contributed by atoms with van der Waals surface area (Å²) < 4.78 is 5.32. The molecule has 0 aromatic heterocycles. The Bertz CT molecular complexity index is 592. The van der Waals surface area contributed by atoms with Crippen molar-refractivity contribution in [1.82, 2.24) is 4.90 Å². The third-order valence-electron chi connectivity index (χ3n) is 4.41. The largest absolute Gasteiger partial charge is 0.495 e. The van der Waals surface area contributed by atoms with Crippen molar-refractivity contribution in [2.45, 2.75) is 19.3 Å². The second-order valence-electron chi connectivity index (χ2n) is 6.14. The van der Waals surface area contributed by atoms with Crippen molar-refractivity contribution in [1.29, 1.82) is 0 Å². The van der Waals surface area contributed by atoms with Crippen LogP contribution in [-0.4, -0.2) is 44.5 Å². The van der Waals surface area contributed by atoms with Crippen LogP contribution in [0.15, 0.2) is 18.2 Å². The molecule has 1 aliphatic carbocycles. The van der Waals surface area contributed by atoms with Crippen LogP contribution >= 0.6 is 12.4 Å². The molecule has 0 aliphatic heterocycles. The topological polar surface area (TPSA) is 84.7 Å². The van der Waals surface area contributed by atoms with Crippen LogP contribution in [0.3, 0.4) is 0 Å². The van der Waals surface area contributed by atoms with E-state index in [2.05, 4.69) is 5.32 Å². The summed E-state index contributed by atoms with van der Waals surface area (Å²) in [6.45, 7) is 0.533. The Labute approximate surface area is 149 Å². The first kappa shape index (κ1) is 20.3. The molecule has 1 fully saturated rings. The SMILES string of the molecule is COc1cc(C(=O)N(C)C)ccc1NC(=O)[C@@H]1CCC[C@@H]1CN.Cl. The van der Waals surface area contributed by atoms with Crippen molar-refractivity contribution < 1.29 is 14.3 Å². The molecule has 1 aromatic carbocycles. The van der Waals surface area contributed by atoms with E-state index in [0.717, 1.165) is 19.3 Å². The zero-order valence-corrected chi connectivity index (χ0v) is 15.2. The summed E-state index contributed by atoms with van der Waals surface area (Å²) in [5, 5.41) is 2.92. The van der Waals surface area contributed by atoms with Crippen molar-refractivity contribution >= 4 is 29.9 Å². The lowest BCUT2D eigenvalue weighted by molar-refractivity contribution is -0.120. The van der Waals surface area contributed by atoms with Gasteiger partial charge in [0, 0.05) is 25.6 Å². The summed E-state index contributed by atoms with van der Waals surface area (Å²) in [7, 11) is 4.91. The Morgan fingerprint density at radius 3 is 2.62 bits per heavy atom. The molecule has 0 unspecified atom stereocenters. The predicted octanol–water partition coefficient (Wildman–Crippen LogP) is 2.13. The highest BCUT2D eigenvalue weighted by Gasteiger charge is 2.32. The van der Waals surface area contributed by atoms with Crippen LogP contribution < -0.4 is 15.8 Å². The maximum atomic E-state index is 12.5. The fourth-order valence-electron chi connectivity index (χ4n) is 3.08. The van der Waals surface area contributed by atoms with Gasteiger partial charge in [0.25, 0.3) is 5.91 Å². The van der Waals surface area contributed by atoms with Gasteiger partial charge >= 0.3 is 0 Å². The van der Waals surface area contributed by atoms with Crippen molar-refractivity contribution in [3.63, 3.8) is 0 Å². The first-order valence-corrected chi connectivity index (χ1v) is 7.88. The van der Waals surface area contributed by atoms with E-state index in [0.29, 0.717) is 23.5 Å². The van der Waals surface area contributed by atoms with Gasteiger partial charge in [0.05, 0.1) is 12.8 Å². The second kappa shape index (κ2) is 8.89. The standard InChI is InChI=1S/C17H25N3O3.ClH/c1-20(2)17(22)11-7-8-14(15(9-11)23-3)19-16(21)13-6-4-5-12(13)10-18;/h7-9,12-13H,4-6,10,18H2,1-3H3,(H,19,21);1H/t12-,13-;/m1./s1. The van der Waals surface area contributed by atoms with Gasteiger partial charge in [0.1, 0.15) is 5.75 Å². The van der Waals surface area contributed by atoms with E-state index in [1.54, 1.807) is 32.3 Å². The molecule has 0 saturated heterocycles. The minimum Gasteiger partial charge on any atom is -0.495 e. The Morgan fingerprint density at radius 1 is 1.33 bits per heavy atom. The number of hydrogen-bond donors (Lipinski definition) is 2. The van der Waals surface area contributed by atoms with E-state index in [1.807, 2.05) is 0 Å². The van der Waals surface area contributed by atoms with Crippen LogP contribution in [0, 0.1) is 11.8 Å². The number of carbonyl (C=O) groups is 2. The quantitative estimate of drug-likeness (QED) is 0.847. The minimum absolute atomic E-state index is 0. The van der Waals surface area contributed by atoms with Crippen molar-refractivity contribution in [3.05, 3.63) is 23.8 Å². The molecule has 7 heteroatoms. The number of benzene rings is 1. The van der Waals surface area contributed by atoms with E-state index in [-0.39, 0.29) is 36.1 Å². The van der Waals surface area contributed by atoms with Crippen LogP contribution in [0.25, 0.3) is 0 Å². The van der Waals surface area contributed by atoms with Gasteiger partial charge in [-0.1, -0.05) is 6.42 Å². The number of ether oxygens (including phenoxy) is 1. The molecule has 3 N–H and O–H groups in total. The first-order chi connectivity index (χ1) is 11.0. The fraction of sp³-hybridized carbons (Fsp3) is 0.529. The first-order valence-electron chi connectivity index (χ1n) is 7.88. The van der Waals surface area contributed by atoms with Gasteiger partial charge in [-0.2, -0.15) is 0 Å². The Morgan fingerprint density at radius 2 is 2.04 bits per heavy atom. The molecular formula is C17H26ClN3O3. The van der Waals surface area contributed by atoms with E-state index >= 15 is 0 Å². The van der Waals surface area contributed by atoms with E-state index < -0.39 is 0 Å². The lowest BCUT2D eigenvalue weighted by Crippen LogP contribution is -2.30. The molecule has 0 spiro atoms. The third kappa shape index (κ3) is 4.39. The van der Waals surface area contributed by atoms with Crippen LogP contribution in [0.2, 0.25) is 0 Å². The van der Waals surface area contributed by atoms with E-state index in [1.165, 1.54) is 12.0 Å². The number of nitrogens with one attached hydrogen (secondary N) is 1. The molecule has 0 heterocycles. The van der Waals surface area contributed by atoms with Gasteiger partial charge in [-0.05, 0) is 43.5 Å². The molecule has 1 saturated carbocycles. The van der Waals surface area contributed by atoms with E-state index in [4.69, 9.17) is 10.5 Å². The zero-order chi connectivity index (χ0) is 17.0. The van der Waals surface area contributed by atoms with Gasteiger partial charge in [-0.15, -0.1) is 12.4 Å². The lowest BCUT2D eigenvalue weighted by Gasteiger charge is -2.19. The Kier molecular flexibility index (Phi) is 7.51. The molecule has 0 bridgehead atoms. The molecule has 2 amide bonds. The molecule has 134 valence electrons. The van der Waals surface area contributed by atoms with Crippen molar-refractivity contribution in [2.75, 3.05) is 33.1 Å². The molecule has 1 aliphatic rings. The number of rotatable bonds is 5. The maximum Gasteiger partial charge on any atom is 0.253 e. The summed E-state index contributed by atoms with van der Waals surface area (Å²) in [5.74, 6) is 0.542. The molecule has 6 nitrogen and oxygen atoms in total. The van der Waals surface area contributed by atoms with Crippen LogP contribution in [-0.2, 0) is 4.79 Å². The second-order valence-corrected chi connectivity index (χ2v) is 6.14. The van der Waals surface area contributed by atoms with Crippen LogP contribution in [0.5, 0.6) is 5.75 Å². The van der Waals surface area contributed by atoms with Crippen molar-refractivity contribution in [3.8, 4) is 5.75 Å².